The molecule has 4 rings (SSSR count). The third-order valence-corrected chi connectivity index (χ3v) is 5.94. The van der Waals surface area contributed by atoms with Crippen LogP contribution in [0.15, 0.2) is 72.8 Å². The molecule has 35 heavy (non-hydrogen) atoms. The normalized spacial score (nSPS) is 13.5. The monoisotopic (exact) mass is 485 g/mol. The van der Waals surface area contributed by atoms with E-state index in [4.69, 9.17) is 4.74 Å². The van der Waals surface area contributed by atoms with Crippen molar-refractivity contribution in [3.8, 4) is 16.9 Å². The molecule has 1 aliphatic carbocycles. The third kappa shape index (κ3) is 5.40. The van der Waals surface area contributed by atoms with Crippen LogP contribution in [0.2, 0.25) is 0 Å². The molecule has 0 aromatic heterocycles. The third-order valence-electron chi connectivity index (χ3n) is 5.94. The molecule has 0 saturated heterocycles. The van der Waals surface area contributed by atoms with Crippen molar-refractivity contribution in [1.29, 1.82) is 0 Å². The number of carbonyl (C=O) groups is 2. The van der Waals surface area contributed by atoms with E-state index in [0.29, 0.717) is 0 Å². The minimum atomic E-state index is -4.87. The van der Waals surface area contributed by atoms with Gasteiger partial charge in [0.1, 0.15) is 18.4 Å². The second-order valence-electron chi connectivity index (χ2n) is 8.17. The molecule has 1 aliphatic rings. The summed E-state index contributed by atoms with van der Waals surface area (Å²) in [5.74, 6) is -1.98. The van der Waals surface area contributed by atoms with Crippen LogP contribution in [-0.2, 0) is 16.0 Å². The van der Waals surface area contributed by atoms with Gasteiger partial charge in [0.05, 0.1) is 0 Å². The van der Waals surface area contributed by atoms with E-state index in [2.05, 4.69) is 4.74 Å². The van der Waals surface area contributed by atoms with Crippen molar-refractivity contribution in [3.05, 3.63) is 89.5 Å². The average Bonchev–Trinajstić information content (AvgIpc) is 3.13. The van der Waals surface area contributed by atoms with E-state index in [1.54, 1.807) is 0 Å². The number of carboxylic acid groups (broad SMARTS) is 1. The van der Waals surface area contributed by atoms with Gasteiger partial charge >= 0.3 is 18.4 Å². The van der Waals surface area contributed by atoms with Gasteiger partial charge in [0.2, 0.25) is 0 Å². The summed E-state index contributed by atoms with van der Waals surface area (Å²) in [7, 11) is 1.29. The van der Waals surface area contributed by atoms with Gasteiger partial charge in [0.15, 0.2) is 0 Å². The van der Waals surface area contributed by atoms with Gasteiger partial charge in [0.25, 0.3) is 0 Å². The van der Waals surface area contributed by atoms with E-state index >= 15 is 0 Å². The molecule has 0 radical (unpaired) electrons. The molecule has 9 heteroatoms. The highest BCUT2D eigenvalue weighted by Gasteiger charge is 2.33. The molecule has 0 heterocycles. The lowest BCUT2D eigenvalue weighted by atomic mass is 9.98. The molecule has 0 unspecified atom stereocenters. The fourth-order valence-electron chi connectivity index (χ4n) is 4.31. The number of carbonyl (C=O) groups excluding carboxylic acids is 1. The topological polar surface area (TPSA) is 76.1 Å². The summed E-state index contributed by atoms with van der Waals surface area (Å²) < 4.78 is 46.9. The molecule has 182 valence electrons. The van der Waals surface area contributed by atoms with Crippen LogP contribution in [0.25, 0.3) is 11.1 Å². The van der Waals surface area contributed by atoms with Crippen LogP contribution >= 0.6 is 0 Å². The Balaban J connectivity index is 1.46. The maximum absolute atomic E-state index is 12.8. The smallest absolute Gasteiger partial charge is 0.480 e. The first-order valence-corrected chi connectivity index (χ1v) is 10.8. The Bertz CT molecular complexity index is 1200. The quantitative estimate of drug-likeness (QED) is 0.481. The van der Waals surface area contributed by atoms with E-state index in [-0.39, 0.29) is 24.5 Å². The van der Waals surface area contributed by atoms with Crippen LogP contribution in [-0.4, -0.2) is 48.1 Å². The first-order valence-electron chi connectivity index (χ1n) is 10.8. The number of aliphatic carboxylic acids is 1. The fraction of sp³-hybridized carbons (Fsp3) is 0.231. The Morgan fingerprint density at radius 1 is 0.971 bits per heavy atom. The van der Waals surface area contributed by atoms with Gasteiger partial charge in [-0.2, -0.15) is 0 Å². The SMILES string of the molecule is CN(C(=O)OCC1c2ccccc2-c2ccccc21)[C@@H](Cc1cccc(OC(F)(F)F)c1)C(=O)O. The predicted molar refractivity (Wildman–Crippen MR) is 121 cm³/mol. The number of hydrogen-bond donors (Lipinski definition) is 1. The molecule has 0 fully saturated rings. The van der Waals surface area contributed by atoms with E-state index in [1.165, 1.54) is 19.2 Å². The summed E-state index contributed by atoms with van der Waals surface area (Å²) in [6.07, 6.45) is -5.95. The zero-order chi connectivity index (χ0) is 25.2. The number of rotatable bonds is 7. The summed E-state index contributed by atoms with van der Waals surface area (Å²) in [5, 5.41) is 9.69. The standard InChI is InChI=1S/C26H22F3NO5/c1-30(23(24(31)32)14-16-7-6-8-17(13-16)35-26(27,28)29)25(33)34-15-22-20-11-4-2-9-18(20)19-10-3-5-12-21(19)22/h2-13,22-23H,14-15H2,1H3,(H,31,32)/t23-/m0/s1. The number of ether oxygens (including phenoxy) is 2. The van der Waals surface area contributed by atoms with Crippen molar-refractivity contribution >= 4 is 12.1 Å². The zero-order valence-corrected chi connectivity index (χ0v) is 18.7. The van der Waals surface area contributed by atoms with Crippen molar-refractivity contribution in [2.75, 3.05) is 13.7 Å². The zero-order valence-electron chi connectivity index (χ0n) is 18.7. The number of amides is 1. The Kier molecular flexibility index (Phi) is 6.68. The van der Waals surface area contributed by atoms with Crippen LogP contribution in [0.5, 0.6) is 5.75 Å². The Hall–Kier alpha value is -4.01. The summed E-state index contributed by atoms with van der Waals surface area (Å²) in [6, 6.07) is 19.2. The highest BCUT2D eigenvalue weighted by molar-refractivity contribution is 5.81. The molecular weight excluding hydrogens is 463 g/mol. The van der Waals surface area contributed by atoms with Crippen molar-refractivity contribution < 1.29 is 37.3 Å². The first kappa shape index (κ1) is 24.1. The highest BCUT2D eigenvalue weighted by Crippen LogP contribution is 2.44. The van der Waals surface area contributed by atoms with Gasteiger partial charge in [-0.3, -0.25) is 4.90 Å². The van der Waals surface area contributed by atoms with Crippen LogP contribution in [0, 0.1) is 0 Å². The molecule has 1 amide bonds. The lowest BCUT2D eigenvalue weighted by molar-refractivity contribution is -0.274. The lowest BCUT2D eigenvalue weighted by Crippen LogP contribution is -2.44. The largest absolute Gasteiger partial charge is 0.573 e. The summed E-state index contributed by atoms with van der Waals surface area (Å²) in [6.45, 7) is 0.0123. The van der Waals surface area contributed by atoms with Gasteiger partial charge in [-0.05, 0) is 39.9 Å². The van der Waals surface area contributed by atoms with Crippen molar-refractivity contribution in [2.24, 2.45) is 0 Å². The second kappa shape index (κ2) is 9.69. The van der Waals surface area contributed by atoms with Gasteiger partial charge in [0, 0.05) is 19.4 Å². The van der Waals surface area contributed by atoms with Gasteiger partial charge < -0.3 is 14.6 Å². The molecule has 0 aliphatic heterocycles. The van der Waals surface area contributed by atoms with E-state index in [0.717, 1.165) is 39.3 Å². The molecule has 0 spiro atoms. The fourth-order valence-corrected chi connectivity index (χ4v) is 4.31. The predicted octanol–water partition coefficient (Wildman–Crippen LogP) is 5.46. The second-order valence-corrected chi connectivity index (χ2v) is 8.17. The van der Waals surface area contributed by atoms with Crippen molar-refractivity contribution in [2.45, 2.75) is 24.7 Å². The van der Waals surface area contributed by atoms with Gasteiger partial charge in [-0.1, -0.05) is 60.7 Å². The maximum atomic E-state index is 12.8. The summed E-state index contributed by atoms with van der Waals surface area (Å²) in [5.41, 5.74) is 4.40. The molecule has 6 nitrogen and oxygen atoms in total. The number of nitrogens with zero attached hydrogens (tertiary/aromatic N) is 1. The van der Waals surface area contributed by atoms with Crippen LogP contribution in [0.3, 0.4) is 0 Å². The van der Waals surface area contributed by atoms with Gasteiger partial charge in [-0.15, -0.1) is 13.2 Å². The summed E-state index contributed by atoms with van der Waals surface area (Å²) in [4.78, 5) is 25.6. The molecule has 1 N–H and O–H groups in total. The van der Waals surface area contributed by atoms with E-state index in [9.17, 15) is 27.9 Å². The van der Waals surface area contributed by atoms with Gasteiger partial charge in [-0.25, -0.2) is 9.59 Å². The Labute approximate surface area is 199 Å². The number of carboxylic acids is 1. The molecule has 0 bridgehead atoms. The number of hydrogen-bond acceptors (Lipinski definition) is 4. The van der Waals surface area contributed by atoms with Crippen molar-refractivity contribution in [1.82, 2.24) is 4.90 Å². The molecule has 1 atom stereocenters. The lowest BCUT2D eigenvalue weighted by Gasteiger charge is -2.25. The van der Waals surface area contributed by atoms with Crippen LogP contribution in [0.1, 0.15) is 22.6 Å². The molecular formula is C26H22F3NO5. The Morgan fingerprint density at radius 2 is 1.57 bits per heavy atom. The number of alkyl halides is 3. The van der Waals surface area contributed by atoms with Crippen LogP contribution in [0.4, 0.5) is 18.0 Å². The number of likely N-dealkylation sites (N-methyl/N-ethyl adjacent to an activating group) is 1. The average molecular weight is 485 g/mol. The van der Waals surface area contributed by atoms with Crippen LogP contribution < -0.4 is 4.74 Å². The minimum absolute atomic E-state index is 0.0123. The highest BCUT2D eigenvalue weighted by atomic mass is 19.4. The number of halogens is 3. The van der Waals surface area contributed by atoms with E-state index < -0.39 is 30.2 Å². The molecule has 0 saturated carbocycles. The summed E-state index contributed by atoms with van der Waals surface area (Å²) >= 11 is 0. The minimum Gasteiger partial charge on any atom is -0.480 e. The molecule has 3 aromatic carbocycles. The number of fused-ring (bicyclic) bond motifs is 3. The number of benzene rings is 3. The first-order chi connectivity index (χ1) is 16.6. The van der Waals surface area contributed by atoms with Crippen molar-refractivity contribution in [3.63, 3.8) is 0 Å². The maximum Gasteiger partial charge on any atom is 0.573 e. The van der Waals surface area contributed by atoms with E-state index in [1.807, 2.05) is 48.5 Å². The molecule has 3 aromatic rings. The Morgan fingerprint density at radius 3 is 2.14 bits per heavy atom.